The van der Waals surface area contributed by atoms with Crippen molar-refractivity contribution in [3.05, 3.63) is 77.9 Å². The van der Waals surface area contributed by atoms with Crippen LogP contribution in [0.4, 0.5) is 0 Å². The Hall–Kier alpha value is -2.76. The number of hydrogen-bond acceptors (Lipinski definition) is 7. The summed E-state index contributed by atoms with van der Waals surface area (Å²) in [5.74, 6) is 0.623. The number of nitrogens with zero attached hydrogens (tertiary/aromatic N) is 1. The van der Waals surface area contributed by atoms with E-state index in [1.807, 2.05) is 39.0 Å². The molecule has 0 fully saturated rings. The summed E-state index contributed by atoms with van der Waals surface area (Å²) in [6.45, 7) is 5.53. The van der Waals surface area contributed by atoms with Crippen LogP contribution in [0.2, 0.25) is 0 Å². The Kier molecular flexibility index (Phi) is 9.30. The summed E-state index contributed by atoms with van der Waals surface area (Å²) in [6.07, 6.45) is 3.21. The molecule has 0 bridgehead atoms. The van der Waals surface area contributed by atoms with E-state index < -0.39 is 31.8 Å². The van der Waals surface area contributed by atoms with Crippen LogP contribution < -0.4 is 4.74 Å². The summed E-state index contributed by atoms with van der Waals surface area (Å²) in [6, 6.07) is 18.3. The van der Waals surface area contributed by atoms with E-state index >= 15 is 0 Å². The molecule has 2 unspecified atom stereocenters. The molecule has 4 rings (SSSR count). The van der Waals surface area contributed by atoms with Crippen molar-refractivity contribution in [2.75, 3.05) is 19.9 Å². The van der Waals surface area contributed by atoms with E-state index in [0.29, 0.717) is 17.7 Å². The molecule has 3 aromatic rings. The monoisotopic (exact) mass is 601 g/mol. The molecule has 2 atom stereocenters. The SMILES string of the molecule is CN(C1CCCCc2c(OCC(O)OC(C)(C)C)cccc21)S(=O)(=O)c1ccc(-c2cccc(S(C)(=O)=O)c2)cc1. The number of aliphatic hydroxyl groups excluding tert-OH is 1. The van der Waals surface area contributed by atoms with Crippen LogP contribution in [0.5, 0.6) is 5.75 Å². The first-order valence-corrected chi connectivity index (χ1v) is 17.0. The Balaban J connectivity index is 1.58. The largest absolute Gasteiger partial charge is 0.488 e. The number of benzene rings is 3. The van der Waals surface area contributed by atoms with Crippen LogP contribution in [0.1, 0.15) is 57.2 Å². The quantitative estimate of drug-likeness (QED) is 0.260. The molecule has 0 heterocycles. The van der Waals surface area contributed by atoms with Gasteiger partial charge in [-0.05, 0) is 92.6 Å². The maximum atomic E-state index is 13.8. The van der Waals surface area contributed by atoms with Gasteiger partial charge >= 0.3 is 0 Å². The maximum absolute atomic E-state index is 13.8. The first-order valence-electron chi connectivity index (χ1n) is 13.7. The minimum Gasteiger partial charge on any atom is -0.488 e. The van der Waals surface area contributed by atoms with Crippen molar-refractivity contribution in [3.8, 4) is 16.9 Å². The minimum atomic E-state index is -3.85. The molecular weight excluding hydrogens is 562 g/mol. The van der Waals surface area contributed by atoms with E-state index in [-0.39, 0.29) is 22.4 Å². The van der Waals surface area contributed by atoms with Crippen LogP contribution in [0.25, 0.3) is 11.1 Å². The van der Waals surface area contributed by atoms with E-state index in [9.17, 15) is 21.9 Å². The number of fused-ring (bicyclic) bond motifs is 1. The topological polar surface area (TPSA) is 110 Å². The van der Waals surface area contributed by atoms with Crippen molar-refractivity contribution in [1.82, 2.24) is 4.31 Å². The highest BCUT2D eigenvalue weighted by atomic mass is 32.2. The predicted octanol–water partition coefficient (Wildman–Crippen LogP) is 5.36. The zero-order valence-electron chi connectivity index (χ0n) is 24.2. The molecule has 222 valence electrons. The summed E-state index contributed by atoms with van der Waals surface area (Å²) in [5, 5.41) is 10.3. The molecule has 0 amide bonds. The van der Waals surface area contributed by atoms with Gasteiger partial charge in [0.25, 0.3) is 0 Å². The predicted molar refractivity (Wildman–Crippen MR) is 159 cm³/mol. The second-order valence-electron chi connectivity index (χ2n) is 11.4. The molecule has 41 heavy (non-hydrogen) atoms. The molecule has 0 radical (unpaired) electrons. The van der Waals surface area contributed by atoms with Crippen molar-refractivity contribution in [2.24, 2.45) is 0 Å². The summed E-state index contributed by atoms with van der Waals surface area (Å²) in [4.78, 5) is 0.363. The third-order valence-electron chi connectivity index (χ3n) is 7.12. The summed E-state index contributed by atoms with van der Waals surface area (Å²) in [7, 11) is -5.61. The number of sulfone groups is 1. The number of aliphatic hydroxyl groups is 1. The van der Waals surface area contributed by atoms with Gasteiger partial charge in [-0.1, -0.05) is 42.8 Å². The Morgan fingerprint density at radius 1 is 0.927 bits per heavy atom. The van der Waals surface area contributed by atoms with E-state index in [4.69, 9.17) is 9.47 Å². The van der Waals surface area contributed by atoms with Crippen LogP contribution in [0.15, 0.2) is 76.5 Å². The molecule has 0 saturated carbocycles. The summed E-state index contributed by atoms with van der Waals surface area (Å²) < 4.78 is 64.5. The standard InChI is InChI=1S/C31H39NO7S2/c1-31(2,3)39-30(33)21-38-29-15-9-13-26-27(29)12-6-7-14-28(26)32(4)41(36,37)24-18-16-22(17-19-24)23-10-8-11-25(20-23)40(5,34)35/h8-11,13,15-20,28,30,33H,6-7,12,14,21H2,1-5H3. The van der Waals surface area contributed by atoms with Crippen molar-refractivity contribution >= 4 is 19.9 Å². The Bertz CT molecular complexity index is 1580. The smallest absolute Gasteiger partial charge is 0.243 e. The van der Waals surface area contributed by atoms with Crippen molar-refractivity contribution in [1.29, 1.82) is 0 Å². The molecule has 1 N–H and O–H groups in total. The van der Waals surface area contributed by atoms with Crippen LogP contribution in [0, 0.1) is 0 Å². The highest BCUT2D eigenvalue weighted by Gasteiger charge is 2.32. The molecule has 10 heteroatoms. The van der Waals surface area contributed by atoms with Crippen LogP contribution in [0.3, 0.4) is 0 Å². The molecule has 8 nitrogen and oxygen atoms in total. The Labute approximate surface area is 243 Å². The lowest BCUT2D eigenvalue weighted by molar-refractivity contribution is -0.178. The second kappa shape index (κ2) is 12.2. The van der Waals surface area contributed by atoms with Gasteiger partial charge < -0.3 is 14.6 Å². The van der Waals surface area contributed by atoms with Gasteiger partial charge in [0.15, 0.2) is 16.1 Å². The molecule has 3 aromatic carbocycles. The fraction of sp³-hybridized carbons (Fsp3) is 0.419. The number of rotatable bonds is 9. The molecule has 0 aromatic heterocycles. The maximum Gasteiger partial charge on any atom is 0.243 e. The normalized spacial score (nSPS) is 17.1. The fourth-order valence-electron chi connectivity index (χ4n) is 5.13. The average Bonchev–Trinajstić information content (AvgIpc) is 3.13. The molecule has 0 spiro atoms. The number of ether oxygens (including phenoxy) is 2. The average molecular weight is 602 g/mol. The number of hydrogen-bond donors (Lipinski definition) is 1. The molecule has 1 aliphatic carbocycles. The van der Waals surface area contributed by atoms with Gasteiger partial charge in [-0.15, -0.1) is 0 Å². The minimum absolute atomic E-state index is 0.0357. The second-order valence-corrected chi connectivity index (χ2v) is 15.4. The first-order chi connectivity index (χ1) is 19.2. The highest BCUT2D eigenvalue weighted by Crippen LogP contribution is 2.39. The number of sulfonamides is 1. The van der Waals surface area contributed by atoms with Gasteiger partial charge in [0.2, 0.25) is 10.0 Å². The summed E-state index contributed by atoms with van der Waals surface area (Å²) in [5.41, 5.74) is 2.73. The van der Waals surface area contributed by atoms with Gasteiger partial charge in [0.1, 0.15) is 12.4 Å². The third-order valence-corrected chi connectivity index (χ3v) is 10.1. The lowest BCUT2D eigenvalue weighted by Crippen LogP contribution is -2.32. The van der Waals surface area contributed by atoms with Gasteiger partial charge in [0, 0.05) is 13.3 Å². The van der Waals surface area contributed by atoms with Crippen molar-refractivity contribution in [3.63, 3.8) is 0 Å². The van der Waals surface area contributed by atoms with Crippen molar-refractivity contribution < 1.29 is 31.4 Å². The highest BCUT2D eigenvalue weighted by molar-refractivity contribution is 7.90. The zero-order chi connectivity index (χ0) is 30.0. The van der Waals surface area contributed by atoms with E-state index in [0.717, 1.165) is 42.2 Å². The Morgan fingerprint density at radius 3 is 2.27 bits per heavy atom. The van der Waals surface area contributed by atoms with Gasteiger partial charge in [-0.3, -0.25) is 0 Å². The third kappa shape index (κ3) is 7.55. The van der Waals surface area contributed by atoms with Crippen LogP contribution >= 0.6 is 0 Å². The van der Waals surface area contributed by atoms with E-state index in [2.05, 4.69) is 0 Å². The summed E-state index contributed by atoms with van der Waals surface area (Å²) >= 11 is 0. The van der Waals surface area contributed by atoms with Gasteiger partial charge in [-0.2, -0.15) is 4.31 Å². The first kappa shape index (κ1) is 31.2. The van der Waals surface area contributed by atoms with Gasteiger partial charge in [0.05, 0.1) is 21.4 Å². The van der Waals surface area contributed by atoms with Crippen LogP contribution in [-0.4, -0.2) is 58.0 Å². The lowest BCUT2D eigenvalue weighted by Gasteiger charge is -2.29. The molecule has 1 aliphatic rings. The Morgan fingerprint density at radius 2 is 1.61 bits per heavy atom. The molecule has 0 aliphatic heterocycles. The lowest BCUT2D eigenvalue weighted by atomic mass is 9.98. The zero-order valence-corrected chi connectivity index (χ0v) is 25.8. The van der Waals surface area contributed by atoms with Crippen LogP contribution in [-0.2, 0) is 31.0 Å². The molecule has 0 saturated heterocycles. The van der Waals surface area contributed by atoms with E-state index in [1.54, 1.807) is 49.5 Å². The molecular formula is C31H39NO7S2. The van der Waals surface area contributed by atoms with Gasteiger partial charge in [-0.25, -0.2) is 16.8 Å². The van der Waals surface area contributed by atoms with Crippen molar-refractivity contribution in [2.45, 2.75) is 74.2 Å². The van der Waals surface area contributed by atoms with E-state index in [1.165, 1.54) is 10.4 Å². The fourth-order valence-corrected chi connectivity index (χ4v) is 7.17.